The van der Waals surface area contributed by atoms with Crippen LogP contribution in [-0.4, -0.2) is 48.7 Å². The average Bonchev–Trinajstić information content (AvgIpc) is 2.92. The van der Waals surface area contributed by atoms with Crippen molar-refractivity contribution < 1.29 is 14.3 Å². The SMILES string of the molecule is CN(C)Cc1cc(F)cc(/C(N)=C/NC2CNC(C(=O)O)C2)c1. The van der Waals surface area contributed by atoms with E-state index in [-0.39, 0.29) is 11.9 Å². The highest BCUT2D eigenvalue weighted by Gasteiger charge is 2.28. The number of halogens is 1. The van der Waals surface area contributed by atoms with E-state index in [1.54, 1.807) is 6.20 Å². The van der Waals surface area contributed by atoms with E-state index < -0.39 is 12.0 Å². The molecule has 1 aromatic carbocycles. The molecule has 2 unspecified atom stereocenters. The zero-order valence-corrected chi connectivity index (χ0v) is 13.3. The topological polar surface area (TPSA) is 90.6 Å². The second-order valence-electron chi connectivity index (χ2n) is 6.08. The van der Waals surface area contributed by atoms with Crippen LogP contribution in [-0.2, 0) is 11.3 Å². The Balaban J connectivity index is 2.03. The summed E-state index contributed by atoms with van der Waals surface area (Å²) in [7, 11) is 3.83. The highest BCUT2D eigenvalue weighted by molar-refractivity contribution is 5.74. The summed E-state index contributed by atoms with van der Waals surface area (Å²) in [5.41, 5.74) is 7.89. The standard InChI is InChI=1S/C16H23FN4O2/c1-21(2)9-10-3-11(5-12(17)4-10)14(18)8-19-13-6-15(16(22)23)20-7-13/h3-5,8,13,15,19-20H,6-7,9,18H2,1-2H3,(H,22,23)/b14-8-. The van der Waals surface area contributed by atoms with Crippen LogP contribution >= 0.6 is 0 Å². The van der Waals surface area contributed by atoms with E-state index >= 15 is 0 Å². The minimum atomic E-state index is -0.857. The first kappa shape index (κ1) is 17.2. The molecule has 1 aliphatic heterocycles. The number of carboxylic acids is 1. The lowest BCUT2D eigenvalue weighted by Gasteiger charge is -2.13. The molecule has 0 amide bonds. The average molecular weight is 322 g/mol. The molecule has 1 fully saturated rings. The Morgan fingerprint density at radius 3 is 2.87 bits per heavy atom. The van der Waals surface area contributed by atoms with Crippen LogP contribution in [0.1, 0.15) is 17.5 Å². The molecule has 1 aliphatic rings. The molecule has 126 valence electrons. The molecule has 1 heterocycles. The van der Waals surface area contributed by atoms with Crippen LogP contribution in [0.4, 0.5) is 4.39 Å². The molecule has 23 heavy (non-hydrogen) atoms. The van der Waals surface area contributed by atoms with Crippen molar-refractivity contribution in [1.29, 1.82) is 0 Å². The molecule has 1 aromatic rings. The molecule has 0 radical (unpaired) electrons. The van der Waals surface area contributed by atoms with Crippen LogP contribution in [0.3, 0.4) is 0 Å². The minimum Gasteiger partial charge on any atom is -0.480 e. The van der Waals surface area contributed by atoms with Crippen molar-refractivity contribution >= 4 is 11.7 Å². The fourth-order valence-corrected chi connectivity index (χ4v) is 2.62. The Hall–Kier alpha value is -2.12. The maximum Gasteiger partial charge on any atom is 0.320 e. The van der Waals surface area contributed by atoms with Gasteiger partial charge in [0, 0.05) is 30.9 Å². The number of nitrogens with zero attached hydrogens (tertiary/aromatic N) is 1. The van der Waals surface area contributed by atoms with Gasteiger partial charge in [-0.05, 0) is 44.3 Å². The molecule has 2 rings (SSSR count). The normalized spacial score (nSPS) is 21.7. The summed E-state index contributed by atoms with van der Waals surface area (Å²) < 4.78 is 13.7. The van der Waals surface area contributed by atoms with Crippen molar-refractivity contribution in [3.63, 3.8) is 0 Å². The summed E-state index contributed by atoms with van der Waals surface area (Å²) in [4.78, 5) is 12.8. The summed E-state index contributed by atoms with van der Waals surface area (Å²) >= 11 is 0. The molecule has 5 N–H and O–H groups in total. The van der Waals surface area contributed by atoms with E-state index in [9.17, 15) is 9.18 Å². The van der Waals surface area contributed by atoms with Gasteiger partial charge in [0.1, 0.15) is 11.9 Å². The van der Waals surface area contributed by atoms with Gasteiger partial charge in [-0.1, -0.05) is 0 Å². The molecule has 0 spiro atoms. The number of carbonyl (C=O) groups is 1. The molecule has 7 heteroatoms. The van der Waals surface area contributed by atoms with Gasteiger partial charge in [-0.15, -0.1) is 0 Å². The lowest BCUT2D eigenvalue weighted by Crippen LogP contribution is -2.30. The van der Waals surface area contributed by atoms with Gasteiger partial charge in [0.05, 0.1) is 5.70 Å². The summed E-state index contributed by atoms with van der Waals surface area (Å²) in [6.45, 7) is 1.17. The molecular weight excluding hydrogens is 299 g/mol. The van der Waals surface area contributed by atoms with Crippen molar-refractivity contribution in [2.45, 2.75) is 25.0 Å². The van der Waals surface area contributed by atoms with E-state index in [1.165, 1.54) is 12.1 Å². The number of rotatable bonds is 6. The minimum absolute atomic E-state index is 0.00976. The number of nitrogens with one attached hydrogen (secondary N) is 2. The van der Waals surface area contributed by atoms with Gasteiger partial charge < -0.3 is 26.4 Å². The van der Waals surface area contributed by atoms with Gasteiger partial charge in [-0.3, -0.25) is 4.79 Å². The van der Waals surface area contributed by atoms with Crippen LogP contribution < -0.4 is 16.4 Å². The van der Waals surface area contributed by atoms with Crippen LogP contribution in [0, 0.1) is 5.82 Å². The van der Waals surface area contributed by atoms with Crippen LogP contribution in [0.15, 0.2) is 24.4 Å². The molecule has 0 saturated carbocycles. The third kappa shape index (κ3) is 4.94. The summed E-state index contributed by atoms with van der Waals surface area (Å²) in [6, 6.07) is 4.18. The summed E-state index contributed by atoms with van der Waals surface area (Å²) in [6.07, 6.45) is 2.10. The van der Waals surface area contributed by atoms with Crippen molar-refractivity contribution in [2.24, 2.45) is 5.73 Å². The number of hydrogen-bond donors (Lipinski definition) is 4. The molecule has 1 saturated heterocycles. The molecular formula is C16H23FN4O2. The van der Waals surface area contributed by atoms with Crippen LogP contribution in [0.5, 0.6) is 0 Å². The Morgan fingerprint density at radius 1 is 1.52 bits per heavy atom. The quantitative estimate of drug-likeness (QED) is 0.611. The van der Waals surface area contributed by atoms with Gasteiger partial charge in [0.15, 0.2) is 0 Å². The smallest absolute Gasteiger partial charge is 0.320 e. The largest absolute Gasteiger partial charge is 0.480 e. The first-order valence-electron chi connectivity index (χ1n) is 7.47. The lowest BCUT2D eigenvalue weighted by atomic mass is 10.1. The Bertz CT molecular complexity index is 604. The van der Waals surface area contributed by atoms with E-state index in [4.69, 9.17) is 10.8 Å². The van der Waals surface area contributed by atoms with Gasteiger partial charge in [-0.2, -0.15) is 0 Å². The van der Waals surface area contributed by atoms with E-state index in [2.05, 4.69) is 10.6 Å². The van der Waals surface area contributed by atoms with Crippen LogP contribution in [0.2, 0.25) is 0 Å². The molecule has 0 aliphatic carbocycles. The molecule has 6 nitrogen and oxygen atoms in total. The fraction of sp³-hybridized carbons (Fsp3) is 0.438. The second-order valence-corrected chi connectivity index (χ2v) is 6.08. The Labute approximate surface area is 135 Å². The lowest BCUT2D eigenvalue weighted by molar-refractivity contribution is -0.139. The third-order valence-electron chi connectivity index (χ3n) is 3.69. The number of aliphatic carboxylic acids is 1. The number of benzene rings is 1. The highest BCUT2D eigenvalue weighted by atomic mass is 19.1. The van der Waals surface area contributed by atoms with Crippen LogP contribution in [0.25, 0.3) is 5.70 Å². The molecule has 2 atom stereocenters. The maximum absolute atomic E-state index is 13.7. The number of nitrogens with two attached hydrogens (primary N) is 1. The second kappa shape index (κ2) is 7.43. The zero-order chi connectivity index (χ0) is 17.0. The molecule has 0 aromatic heterocycles. The van der Waals surface area contributed by atoms with Gasteiger partial charge >= 0.3 is 5.97 Å². The zero-order valence-electron chi connectivity index (χ0n) is 13.3. The predicted octanol–water partition coefficient (Wildman–Crippen LogP) is 0.549. The fourth-order valence-electron chi connectivity index (χ4n) is 2.62. The number of hydrogen-bond acceptors (Lipinski definition) is 5. The van der Waals surface area contributed by atoms with Crippen molar-refractivity contribution in [3.05, 3.63) is 41.3 Å². The van der Waals surface area contributed by atoms with Gasteiger partial charge in [0.25, 0.3) is 0 Å². The van der Waals surface area contributed by atoms with Crippen molar-refractivity contribution in [2.75, 3.05) is 20.6 Å². The molecule has 0 bridgehead atoms. The number of carboxylic acid groups (broad SMARTS) is 1. The Kier molecular flexibility index (Phi) is 5.57. The van der Waals surface area contributed by atoms with E-state index in [0.717, 1.165) is 5.56 Å². The first-order valence-corrected chi connectivity index (χ1v) is 7.47. The first-order chi connectivity index (χ1) is 10.8. The highest BCUT2D eigenvalue weighted by Crippen LogP contribution is 2.16. The third-order valence-corrected chi connectivity index (χ3v) is 3.69. The van der Waals surface area contributed by atoms with Gasteiger partial charge in [-0.25, -0.2) is 4.39 Å². The Morgan fingerprint density at radius 2 is 2.26 bits per heavy atom. The van der Waals surface area contributed by atoms with E-state index in [0.29, 0.717) is 30.8 Å². The van der Waals surface area contributed by atoms with Crippen molar-refractivity contribution in [3.8, 4) is 0 Å². The van der Waals surface area contributed by atoms with Crippen molar-refractivity contribution in [1.82, 2.24) is 15.5 Å². The predicted molar refractivity (Wildman–Crippen MR) is 86.9 cm³/mol. The summed E-state index contributed by atoms with van der Waals surface area (Å²) in [5.74, 6) is -1.19. The monoisotopic (exact) mass is 322 g/mol. The maximum atomic E-state index is 13.7. The van der Waals surface area contributed by atoms with E-state index in [1.807, 2.05) is 25.1 Å². The van der Waals surface area contributed by atoms with Gasteiger partial charge in [0.2, 0.25) is 0 Å². The summed E-state index contributed by atoms with van der Waals surface area (Å²) in [5, 5.41) is 15.0.